The quantitative estimate of drug-likeness (QED) is 0.858. The Morgan fingerprint density at radius 2 is 1.91 bits per heavy atom. The van der Waals surface area contributed by atoms with E-state index in [0.29, 0.717) is 12.1 Å². The second-order valence-electron chi connectivity index (χ2n) is 6.16. The van der Waals surface area contributed by atoms with Gasteiger partial charge in [0.1, 0.15) is 5.82 Å². The molecule has 0 bridgehead atoms. The molecule has 2 aliphatic rings. The van der Waals surface area contributed by atoms with Crippen LogP contribution in [-0.2, 0) is 9.59 Å². The van der Waals surface area contributed by atoms with E-state index in [4.69, 9.17) is 0 Å². The number of rotatable bonds is 4. The Labute approximate surface area is 134 Å². The summed E-state index contributed by atoms with van der Waals surface area (Å²) in [7, 11) is 0. The first kappa shape index (κ1) is 16.1. The number of aliphatic hydroxyl groups excluding tert-OH is 1. The van der Waals surface area contributed by atoms with Gasteiger partial charge in [0, 0.05) is 12.6 Å². The molecule has 3 rings (SSSR count). The summed E-state index contributed by atoms with van der Waals surface area (Å²) in [5, 5.41) is 9.23. The summed E-state index contributed by atoms with van der Waals surface area (Å²) in [6, 6.07) is 5.08. The molecule has 1 aromatic rings. The van der Waals surface area contributed by atoms with Crippen LogP contribution in [0, 0.1) is 5.82 Å². The second-order valence-corrected chi connectivity index (χ2v) is 6.16. The maximum atomic E-state index is 13.1. The van der Waals surface area contributed by atoms with Crippen molar-refractivity contribution in [1.82, 2.24) is 4.90 Å². The molecule has 1 aromatic carbocycles. The van der Waals surface area contributed by atoms with E-state index in [2.05, 4.69) is 4.90 Å². The number of benzene rings is 1. The largest absolute Gasteiger partial charge is 0.396 e. The average molecular weight is 320 g/mol. The number of piperidine rings is 1. The van der Waals surface area contributed by atoms with Crippen LogP contribution in [0.15, 0.2) is 24.3 Å². The number of carbonyl (C=O) groups excluding carboxylic acids is 2. The normalized spacial score (nSPS) is 26.1. The molecule has 2 amide bonds. The fourth-order valence-corrected chi connectivity index (χ4v) is 3.63. The zero-order chi connectivity index (χ0) is 16.4. The third-order valence-corrected chi connectivity index (χ3v) is 4.74. The highest BCUT2D eigenvalue weighted by molar-refractivity contribution is 6.22. The number of hydrogen-bond donors (Lipinski definition) is 1. The summed E-state index contributed by atoms with van der Waals surface area (Å²) in [5.74, 6) is -0.894. The van der Waals surface area contributed by atoms with Crippen LogP contribution in [0.1, 0.15) is 32.1 Å². The fourth-order valence-electron chi connectivity index (χ4n) is 3.63. The Morgan fingerprint density at radius 3 is 2.61 bits per heavy atom. The van der Waals surface area contributed by atoms with Crippen molar-refractivity contribution >= 4 is 17.5 Å². The Bertz CT molecular complexity index is 588. The molecular weight excluding hydrogens is 299 g/mol. The molecule has 0 unspecified atom stereocenters. The molecule has 2 atom stereocenters. The van der Waals surface area contributed by atoms with Crippen LogP contribution in [-0.4, -0.2) is 47.1 Å². The van der Waals surface area contributed by atoms with Crippen LogP contribution in [0.4, 0.5) is 10.1 Å². The van der Waals surface area contributed by atoms with Crippen molar-refractivity contribution in [3.63, 3.8) is 0 Å². The minimum absolute atomic E-state index is 0.0811. The Morgan fingerprint density at radius 1 is 1.17 bits per heavy atom. The lowest BCUT2D eigenvalue weighted by Crippen LogP contribution is -2.50. The molecule has 23 heavy (non-hydrogen) atoms. The van der Waals surface area contributed by atoms with Crippen LogP contribution in [0.5, 0.6) is 0 Å². The molecule has 5 nitrogen and oxygen atoms in total. The lowest BCUT2D eigenvalue weighted by atomic mass is 9.97. The summed E-state index contributed by atoms with van der Waals surface area (Å²) in [6.45, 7) is 0.851. The molecule has 2 aliphatic heterocycles. The summed E-state index contributed by atoms with van der Waals surface area (Å²) >= 11 is 0. The number of nitrogens with zero attached hydrogens (tertiary/aromatic N) is 2. The van der Waals surface area contributed by atoms with Crippen molar-refractivity contribution in [2.24, 2.45) is 0 Å². The third-order valence-electron chi connectivity index (χ3n) is 4.74. The number of aliphatic hydroxyl groups is 1. The molecule has 0 spiro atoms. The number of amides is 2. The molecule has 1 N–H and O–H groups in total. The molecule has 0 aliphatic carbocycles. The minimum atomic E-state index is -0.468. The van der Waals surface area contributed by atoms with Crippen molar-refractivity contribution in [3.8, 4) is 0 Å². The van der Waals surface area contributed by atoms with Crippen molar-refractivity contribution < 1.29 is 19.1 Å². The highest BCUT2D eigenvalue weighted by Crippen LogP contribution is 2.30. The lowest BCUT2D eigenvalue weighted by Gasteiger charge is -2.38. The summed E-state index contributed by atoms with van der Waals surface area (Å²) < 4.78 is 13.1. The molecule has 2 fully saturated rings. The first-order valence-corrected chi connectivity index (χ1v) is 8.11. The molecule has 2 heterocycles. The molecule has 0 saturated carbocycles. The van der Waals surface area contributed by atoms with Gasteiger partial charge in [0.15, 0.2) is 0 Å². The SMILES string of the molecule is O=C1C[C@H](N2CCCC[C@H]2CCO)C(=O)N1c1ccc(F)cc1. The van der Waals surface area contributed by atoms with E-state index >= 15 is 0 Å². The predicted molar refractivity (Wildman–Crippen MR) is 83.3 cm³/mol. The second kappa shape index (κ2) is 6.76. The number of hydrogen-bond acceptors (Lipinski definition) is 4. The molecular formula is C17H21FN2O3. The van der Waals surface area contributed by atoms with Gasteiger partial charge in [-0.3, -0.25) is 14.5 Å². The monoisotopic (exact) mass is 320 g/mol. The van der Waals surface area contributed by atoms with Crippen molar-refractivity contribution in [2.45, 2.75) is 44.2 Å². The summed E-state index contributed by atoms with van der Waals surface area (Å²) in [6.07, 6.45) is 3.79. The molecule has 6 heteroatoms. The Hall–Kier alpha value is -1.79. The predicted octanol–water partition coefficient (Wildman–Crippen LogP) is 1.69. The van der Waals surface area contributed by atoms with Crippen LogP contribution >= 0.6 is 0 Å². The van der Waals surface area contributed by atoms with Gasteiger partial charge in [-0.15, -0.1) is 0 Å². The number of likely N-dealkylation sites (tertiary alicyclic amines) is 1. The van der Waals surface area contributed by atoms with E-state index in [1.807, 2.05) is 0 Å². The average Bonchev–Trinajstić information content (AvgIpc) is 2.84. The van der Waals surface area contributed by atoms with Gasteiger partial charge in [-0.2, -0.15) is 0 Å². The van der Waals surface area contributed by atoms with Gasteiger partial charge in [0.05, 0.1) is 18.2 Å². The maximum Gasteiger partial charge on any atom is 0.251 e. The van der Waals surface area contributed by atoms with Crippen molar-refractivity contribution in [3.05, 3.63) is 30.1 Å². The van der Waals surface area contributed by atoms with E-state index in [1.165, 1.54) is 24.3 Å². The lowest BCUT2D eigenvalue weighted by molar-refractivity contribution is -0.123. The zero-order valence-electron chi connectivity index (χ0n) is 12.9. The van der Waals surface area contributed by atoms with Crippen LogP contribution in [0.2, 0.25) is 0 Å². The Kier molecular flexibility index (Phi) is 4.73. The number of imide groups is 1. The van der Waals surface area contributed by atoms with Crippen LogP contribution in [0.25, 0.3) is 0 Å². The van der Waals surface area contributed by atoms with Crippen molar-refractivity contribution in [1.29, 1.82) is 0 Å². The fraction of sp³-hybridized carbons (Fsp3) is 0.529. The smallest absolute Gasteiger partial charge is 0.251 e. The Balaban J connectivity index is 1.81. The molecule has 124 valence electrons. The standard InChI is InChI=1S/C17H21FN2O3/c18-12-4-6-14(7-5-12)20-16(22)11-15(17(20)23)19-9-2-1-3-13(19)8-10-21/h4-7,13,15,21H,1-3,8-11H2/t13-,15-/m0/s1. The summed E-state index contributed by atoms with van der Waals surface area (Å²) in [4.78, 5) is 28.3. The van der Waals surface area contributed by atoms with Crippen molar-refractivity contribution in [2.75, 3.05) is 18.1 Å². The highest BCUT2D eigenvalue weighted by atomic mass is 19.1. The van der Waals surface area contributed by atoms with Gasteiger partial charge in [0.25, 0.3) is 5.91 Å². The van der Waals surface area contributed by atoms with E-state index < -0.39 is 11.9 Å². The third kappa shape index (κ3) is 3.14. The number of anilines is 1. The zero-order valence-corrected chi connectivity index (χ0v) is 12.9. The van der Waals surface area contributed by atoms with E-state index in [-0.39, 0.29) is 30.9 Å². The molecule has 0 radical (unpaired) electrons. The van der Waals surface area contributed by atoms with E-state index in [9.17, 15) is 19.1 Å². The van der Waals surface area contributed by atoms with Gasteiger partial charge in [-0.25, -0.2) is 9.29 Å². The number of halogens is 1. The van der Waals surface area contributed by atoms with Crippen LogP contribution < -0.4 is 4.90 Å². The van der Waals surface area contributed by atoms with Gasteiger partial charge >= 0.3 is 0 Å². The van der Waals surface area contributed by atoms with E-state index in [1.54, 1.807) is 0 Å². The first-order chi connectivity index (χ1) is 11.1. The first-order valence-electron chi connectivity index (χ1n) is 8.11. The number of carbonyl (C=O) groups is 2. The molecule has 0 aromatic heterocycles. The van der Waals surface area contributed by atoms with Gasteiger partial charge in [-0.1, -0.05) is 6.42 Å². The van der Waals surface area contributed by atoms with Gasteiger partial charge in [-0.05, 0) is 50.1 Å². The van der Waals surface area contributed by atoms with Gasteiger partial charge in [0.2, 0.25) is 5.91 Å². The maximum absolute atomic E-state index is 13.1. The minimum Gasteiger partial charge on any atom is -0.396 e. The highest BCUT2D eigenvalue weighted by Gasteiger charge is 2.44. The van der Waals surface area contributed by atoms with Crippen LogP contribution in [0.3, 0.4) is 0 Å². The molecule has 2 saturated heterocycles. The van der Waals surface area contributed by atoms with E-state index in [0.717, 1.165) is 30.7 Å². The topological polar surface area (TPSA) is 60.9 Å². The summed E-state index contributed by atoms with van der Waals surface area (Å²) in [5.41, 5.74) is 0.416. The van der Waals surface area contributed by atoms with Gasteiger partial charge < -0.3 is 5.11 Å².